The van der Waals surface area contributed by atoms with Gasteiger partial charge in [-0.05, 0) is 38.3 Å². The standard InChI is InChI=1S/C12H17BrN2/c1-10-4-2-7-12(14-10)15(9-8-13)11-5-3-6-11/h2,4,7,11H,3,5-6,8-9H2,1H3. The maximum atomic E-state index is 4.60. The van der Waals surface area contributed by atoms with Crippen LogP contribution in [0.3, 0.4) is 0 Å². The fourth-order valence-electron chi connectivity index (χ4n) is 1.96. The third-order valence-corrected chi connectivity index (χ3v) is 3.36. The highest BCUT2D eigenvalue weighted by Crippen LogP contribution is 2.28. The highest BCUT2D eigenvalue weighted by molar-refractivity contribution is 9.09. The van der Waals surface area contributed by atoms with Crippen LogP contribution in [0.4, 0.5) is 5.82 Å². The lowest BCUT2D eigenvalue weighted by atomic mass is 9.91. The van der Waals surface area contributed by atoms with Gasteiger partial charge in [-0.1, -0.05) is 22.0 Å². The van der Waals surface area contributed by atoms with Crippen LogP contribution < -0.4 is 4.90 Å². The number of anilines is 1. The summed E-state index contributed by atoms with van der Waals surface area (Å²) >= 11 is 3.52. The van der Waals surface area contributed by atoms with E-state index in [1.165, 1.54) is 19.3 Å². The molecule has 3 heteroatoms. The van der Waals surface area contributed by atoms with Gasteiger partial charge in [0.25, 0.3) is 0 Å². The monoisotopic (exact) mass is 268 g/mol. The van der Waals surface area contributed by atoms with Crippen LogP contribution in [0, 0.1) is 6.92 Å². The largest absolute Gasteiger partial charge is 0.353 e. The lowest BCUT2D eigenvalue weighted by Gasteiger charge is -2.38. The maximum absolute atomic E-state index is 4.60. The number of hydrogen-bond donors (Lipinski definition) is 0. The average Bonchev–Trinajstić information content (AvgIpc) is 2.14. The van der Waals surface area contributed by atoms with E-state index in [2.05, 4.69) is 50.9 Å². The molecule has 0 bridgehead atoms. The second-order valence-corrected chi connectivity index (χ2v) is 4.90. The molecule has 1 fully saturated rings. The molecule has 0 saturated heterocycles. The van der Waals surface area contributed by atoms with Crippen LogP contribution in [-0.2, 0) is 0 Å². The van der Waals surface area contributed by atoms with Gasteiger partial charge in [0.1, 0.15) is 5.82 Å². The molecule has 1 heterocycles. The van der Waals surface area contributed by atoms with E-state index in [-0.39, 0.29) is 0 Å². The quantitative estimate of drug-likeness (QED) is 0.781. The Morgan fingerprint density at radius 3 is 2.80 bits per heavy atom. The SMILES string of the molecule is Cc1cccc(N(CCBr)C2CCC2)n1. The van der Waals surface area contributed by atoms with Gasteiger partial charge < -0.3 is 4.90 Å². The van der Waals surface area contributed by atoms with Crippen molar-refractivity contribution in [3.05, 3.63) is 23.9 Å². The summed E-state index contributed by atoms with van der Waals surface area (Å²) in [6, 6.07) is 6.99. The van der Waals surface area contributed by atoms with Crippen molar-refractivity contribution in [3.8, 4) is 0 Å². The van der Waals surface area contributed by atoms with E-state index in [9.17, 15) is 0 Å². The van der Waals surface area contributed by atoms with E-state index < -0.39 is 0 Å². The Kier molecular flexibility index (Phi) is 3.62. The van der Waals surface area contributed by atoms with Crippen molar-refractivity contribution >= 4 is 21.7 Å². The van der Waals surface area contributed by atoms with Crippen molar-refractivity contribution in [2.45, 2.75) is 32.2 Å². The number of hydrogen-bond acceptors (Lipinski definition) is 2. The van der Waals surface area contributed by atoms with Crippen LogP contribution in [0.25, 0.3) is 0 Å². The molecule has 0 unspecified atom stereocenters. The van der Waals surface area contributed by atoms with E-state index in [1.54, 1.807) is 0 Å². The Morgan fingerprint density at radius 1 is 1.47 bits per heavy atom. The zero-order chi connectivity index (χ0) is 10.7. The summed E-state index contributed by atoms with van der Waals surface area (Å²) in [6.45, 7) is 3.11. The highest BCUT2D eigenvalue weighted by atomic mass is 79.9. The fraction of sp³-hybridized carbons (Fsp3) is 0.583. The van der Waals surface area contributed by atoms with Gasteiger partial charge in [0.15, 0.2) is 0 Å². The lowest BCUT2D eigenvalue weighted by molar-refractivity contribution is 0.389. The van der Waals surface area contributed by atoms with E-state index in [1.807, 2.05) is 0 Å². The van der Waals surface area contributed by atoms with Crippen molar-refractivity contribution in [3.63, 3.8) is 0 Å². The minimum atomic E-state index is 0.719. The van der Waals surface area contributed by atoms with Gasteiger partial charge in [0.05, 0.1) is 0 Å². The van der Waals surface area contributed by atoms with Gasteiger partial charge in [-0.15, -0.1) is 0 Å². The first-order valence-corrected chi connectivity index (χ1v) is 6.69. The number of nitrogens with zero attached hydrogens (tertiary/aromatic N) is 2. The molecular weight excluding hydrogens is 252 g/mol. The summed E-state index contributed by atoms with van der Waals surface area (Å²) in [5.74, 6) is 1.14. The van der Waals surface area contributed by atoms with Crippen molar-refractivity contribution in [1.29, 1.82) is 0 Å². The van der Waals surface area contributed by atoms with Crippen LogP contribution in [0.15, 0.2) is 18.2 Å². The molecule has 1 aromatic rings. The first kappa shape index (κ1) is 10.9. The molecule has 1 aromatic heterocycles. The lowest BCUT2D eigenvalue weighted by Crippen LogP contribution is -2.41. The summed E-state index contributed by atoms with van der Waals surface area (Å²) in [4.78, 5) is 7.04. The van der Waals surface area contributed by atoms with Crippen LogP contribution in [0.2, 0.25) is 0 Å². The summed E-state index contributed by atoms with van der Waals surface area (Å²) < 4.78 is 0. The maximum Gasteiger partial charge on any atom is 0.129 e. The molecule has 0 aliphatic heterocycles. The van der Waals surface area contributed by atoms with Crippen LogP contribution >= 0.6 is 15.9 Å². The molecule has 15 heavy (non-hydrogen) atoms. The third kappa shape index (κ3) is 2.51. The van der Waals surface area contributed by atoms with Crippen molar-refractivity contribution in [2.24, 2.45) is 0 Å². The summed E-state index contributed by atoms with van der Waals surface area (Å²) in [6.07, 6.45) is 4.01. The normalized spacial score (nSPS) is 16.1. The van der Waals surface area contributed by atoms with Crippen molar-refractivity contribution in [1.82, 2.24) is 4.98 Å². The van der Waals surface area contributed by atoms with Gasteiger partial charge in [-0.3, -0.25) is 0 Å². The second kappa shape index (κ2) is 4.97. The van der Waals surface area contributed by atoms with Crippen LogP contribution in [0.5, 0.6) is 0 Å². The topological polar surface area (TPSA) is 16.1 Å². The number of alkyl halides is 1. The highest BCUT2D eigenvalue weighted by Gasteiger charge is 2.25. The first-order valence-electron chi connectivity index (χ1n) is 5.57. The second-order valence-electron chi connectivity index (χ2n) is 4.10. The van der Waals surface area contributed by atoms with Gasteiger partial charge in [0.2, 0.25) is 0 Å². The minimum Gasteiger partial charge on any atom is -0.353 e. The molecule has 0 spiro atoms. The zero-order valence-electron chi connectivity index (χ0n) is 9.12. The molecule has 0 N–H and O–H groups in total. The molecule has 1 aliphatic carbocycles. The van der Waals surface area contributed by atoms with E-state index in [4.69, 9.17) is 0 Å². The summed E-state index contributed by atoms with van der Waals surface area (Å²) in [5.41, 5.74) is 1.10. The van der Waals surface area contributed by atoms with Gasteiger partial charge in [-0.2, -0.15) is 0 Å². The van der Waals surface area contributed by atoms with Gasteiger partial charge >= 0.3 is 0 Å². The molecule has 2 nitrogen and oxygen atoms in total. The number of aryl methyl sites for hydroxylation is 1. The van der Waals surface area contributed by atoms with Gasteiger partial charge in [0, 0.05) is 23.6 Å². The Hall–Kier alpha value is -0.570. The molecule has 1 aliphatic rings. The molecular formula is C12H17BrN2. The van der Waals surface area contributed by atoms with Crippen LogP contribution in [0.1, 0.15) is 25.0 Å². The molecule has 0 amide bonds. The summed E-state index contributed by atoms with van der Waals surface area (Å²) in [7, 11) is 0. The molecule has 0 aromatic carbocycles. The first-order chi connectivity index (χ1) is 7.31. The Labute approximate surface area is 99.8 Å². The predicted molar refractivity (Wildman–Crippen MR) is 67.8 cm³/mol. The third-order valence-electron chi connectivity index (χ3n) is 3.01. The average molecular weight is 269 g/mol. The van der Waals surface area contributed by atoms with Gasteiger partial charge in [-0.25, -0.2) is 4.98 Å². The number of rotatable bonds is 4. The zero-order valence-corrected chi connectivity index (χ0v) is 10.7. The number of aromatic nitrogens is 1. The molecule has 0 radical (unpaired) electrons. The molecule has 2 rings (SSSR count). The van der Waals surface area contributed by atoms with Crippen LogP contribution in [-0.4, -0.2) is 22.9 Å². The fourth-order valence-corrected chi connectivity index (χ4v) is 2.34. The smallest absolute Gasteiger partial charge is 0.129 e. The Bertz CT molecular complexity index is 323. The van der Waals surface area contributed by atoms with E-state index >= 15 is 0 Å². The minimum absolute atomic E-state index is 0.719. The van der Waals surface area contributed by atoms with Crippen molar-refractivity contribution in [2.75, 3.05) is 16.8 Å². The predicted octanol–water partition coefficient (Wildman–Crippen LogP) is 3.14. The Morgan fingerprint density at radius 2 is 2.27 bits per heavy atom. The Balaban J connectivity index is 2.15. The molecule has 0 atom stereocenters. The number of halogens is 1. The van der Waals surface area contributed by atoms with Crippen molar-refractivity contribution < 1.29 is 0 Å². The summed E-state index contributed by atoms with van der Waals surface area (Å²) in [5, 5.41) is 1.01. The molecule has 82 valence electrons. The van der Waals surface area contributed by atoms with E-state index in [0.29, 0.717) is 0 Å². The number of pyridine rings is 1. The molecule has 1 saturated carbocycles. The van der Waals surface area contributed by atoms with E-state index in [0.717, 1.165) is 29.4 Å².